The quantitative estimate of drug-likeness (QED) is 0.769. The van der Waals surface area contributed by atoms with E-state index in [0.29, 0.717) is 12.0 Å². The highest BCUT2D eigenvalue weighted by Crippen LogP contribution is 2.17. The van der Waals surface area contributed by atoms with Crippen LogP contribution in [0.1, 0.15) is 18.4 Å². The monoisotopic (exact) mass is 192 g/mol. The number of carbonyl (C=O) groups is 1. The molecule has 14 heavy (non-hydrogen) atoms. The number of carboxylic acid groups (broad SMARTS) is 1. The van der Waals surface area contributed by atoms with Crippen LogP contribution in [0.5, 0.6) is 5.75 Å². The molecular formula is C11H12O3. The number of aliphatic carboxylic acids is 1. The zero-order valence-corrected chi connectivity index (χ0v) is 7.68. The molecule has 0 bridgehead atoms. The molecule has 0 amide bonds. The third-order valence-electron chi connectivity index (χ3n) is 1.76. The van der Waals surface area contributed by atoms with Gasteiger partial charge in [0.1, 0.15) is 5.75 Å². The predicted octanol–water partition coefficient (Wildman–Crippen LogP) is 2.27. The molecule has 0 saturated heterocycles. The van der Waals surface area contributed by atoms with Gasteiger partial charge in [-0.15, -0.1) is 0 Å². The molecule has 0 unspecified atom stereocenters. The number of aromatic hydroxyl groups is 1. The van der Waals surface area contributed by atoms with Crippen molar-refractivity contribution in [3.8, 4) is 5.75 Å². The Balaban J connectivity index is 2.52. The number of phenolic OH excluding ortho intramolecular Hbond substituents is 1. The van der Waals surface area contributed by atoms with Crippen LogP contribution in [-0.2, 0) is 4.79 Å². The topological polar surface area (TPSA) is 57.5 Å². The molecule has 0 saturated carbocycles. The fourth-order valence-corrected chi connectivity index (χ4v) is 1.05. The maximum atomic E-state index is 10.2. The molecule has 3 heteroatoms. The standard InChI is InChI=1S/C11H12O3/c12-10-7-3-1-5-9(10)6-2-4-8-11(13)14/h1-3,5-7,12H,4,8H2,(H,13,14)/b6-2+. The van der Waals surface area contributed by atoms with Crippen molar-refractivity contribution in [2.75, 3.05) is 0 Å². The van der Waals surface area contributed by atoms with Crippen LogP contribution in [0.15, 0.2) is 30.3 Å². The minimum Gasteiger partial charge on any atom is -0.507 e. The third kappa shape index (κ3) is 3.31. The average molecular weight is 192 g/mol. The first-order valence-electron chi connectivity index (χ1n) is 4.36. The van der Waals surface area contributed by atoms with Crippen LogP contribution in [0, 0.1) is 0 Å². The Bertz CT molecular complexity index is 342. The van der Waals surface area contributed by atoms with Crippen LogP contribution in [-0.4, -0.2) is 16.2 Å². The number of hydrogen-bond donors (Lipinski definition) is 2. The molecule has 0 aliphatic rings. The fourth-order valence-electron chi connectivity index (χ4n) is 1.05. The van der Waals surface area contributed by atoms with Crippen molar-refractivity contribution >= 4 is 12.0 Å². The van der Waals surface area contributed by atoms with Crippen molar-refractivity contribution in [1.29, 1.82) is 0 Å². The van der Waals surface area contributed by atoms with Gasteiger partial charge in [-0.1, -0.05) is 30.4 Å². The molecule has 0 fully saturated rings. The number of hydrogen-bond acceptors (Lipinski definition) is 2. The van der Waals surface area contributed by atoms with E-state index in [1.807, 2.05) is 6.07 Å². The second kappa shape index (κ2) is 5.07. The predicted molar refractivity (Wildman–Crippen MR) is 54.0 cm³/mol. The Labute approximate surface area is 82.3 Å². The van der Waals surface area contributed by atoms with Crippen LogP contribution in [0.3, 0.4) is 0 Å². The minimum atomic E-state index is -0.813. The van der Waals surface area contributed by atoms with Crippen molar-refractivity contribution < 1.29 is 15.0 Å². The van der Waals surface area contributed by atoms with E-state index < -0.39 is 5.97 Å². The highest BCUT2D eigenvalue weighted by molar-refractivity contribution is 5.67. The summed E-state index contributed by atoms with van der Waals surface area (Å²) < 4.78 is 0. The normalized spacial score (nSPS) is 10.6. The molecule has 0 atom stereocenters. The maximum absolute atomic E-state index is 10.2. The van der Waals surface area contributed by atoms with E-state index in [2.05, 4.69) is 0 Å². The molecule has 0 spiro atoms. The van der Waals surface area contributed by atoms with E-state index in [4.69, 9.17) is 5.11 Å². The number of carboxylic acids is 1. The number of rotatable bonds is 4. The van der Waals surface area contributed by atoms with Gasteiger partial charge in [-0.05, 0) is 12.5 Å². The van der Waals surface area contributed by atoms with Crippen LogP contribution >= 0.6 is 0 Å². The van der Waals surface area contributed by atoms with Crippen LogP contribution in [0.4, 0.5) is 0 Å². The van der Waals surface area contributed by atoms with E-state index in [9.17, 15) is 9.90 Å². The van der Waals surface area contributed by atoms with Gasteiger partial charge in [0, 0.05) is 12.0 Å². The first-order chi connectivity index (χ1) is 6.70. The fraction of sp³-hybridized carbons (Fsp3) is 0.182. The van der Waals surface area contributed by atoms with Crippen molar-refractivity contribution in [1.82, 2.24) is 0 Å². The van der Waals surface area contributed by atoms with Gasteiger partial charge in [0.05, 0.1) is 0 Å². The summed E-state index contributed by atoms with van der Waals surface area (Å²) in [4.78, 5) is 10.2. The second-order valence-electron chi connectivity index (χ2n) is 2.89. The maximum Gasteiger partial charge on any atom is 0.303 e. The van der Waals surface area contributed by atoms with Gasteiger partial charge in [0.25, 0.3) is 0 Å². The summed E-state index contributed by atoms with van der Waals surface area (Å²) >= 11 is 0. The first-order valence-corrected chi connectivity index (χ1v) is 4.36. The van der Waals surface area contributed by atoms with Gasteiger partial charge in [-0.3, -0.25) is 4.79 Å². The molecule has 0 aliphatic heterocycles. The molecule has 0 aromatic heterocycles. The van der Waals surface area contributed by atoms with Crippen LogP contribution < -0.4 is 0 Å². The van der Waals surface area contributed by atoms with Gasteiger partial charge >= 0.3 is 5.97 Å². The molecule has 1 aromatic carbocycles. The molecule has 74 valence electrons. The molecular weight excluding hydrogens is 180 g/mol. The Morgan fingerprint density at radius 3 is 2.71 bits per heavy atom. The molecule has 1 aromatic rings. The number of benzene rings is 1. The van der Waals surface area contributed by atoms with Crippen molar-refractivity contribution in [2.24, 2.45) is 0 Å². The Kier molecular flexibility index (Phi) is 3.73. The summed E-state index contributed by atoms with van der Waals surface area (Å²) in [6.45, 7) is 0. The summed E-state index contributed by atoms with van der Waals surface area (Å²) in [5.41, 5.74) is 0.706. The lowest BCUT2D eigenvalue weighted by Gasteiger charge is -1.96. The zero-order valence-electron chi connectivity index (χ0n) is 7.68. The lowest BCUT2D eigenvalue weighted by atomic mass is 10.1. The average Bonchev–Trinajstić information content (AvgIpc) is 2.15. The molecule has 2 N–H and O–H groups in total. The Morgan fingerprint density at radius 2 is 2.07 bits per heavy atom. The summed E-state index contributed by atoms with van der Waals surface area (Å²) in [6.07, 6.45) is 4.05. The van der Waals surface area contributed by atoms with Gasteiger partial charge in [-0.2, -0.15) is 0 Å². The molecule has 0 radical (unpaired) electrons. The van der Waals surface area contributed by atoms with Crippen molar-refractivity contribution in [2.45, 2.75) is 12.8 Å². The lowest BCUT2D eigenvalue weighted by Crippen LogP contribution is -1.91. The van der Waals surface area contributed by atoms with Gasteiger partial charge in [0.2, 0.25) is 0 Å². The molecule has 3 nitrogen and oxygen atoms in total. The zero-order chi connectivity index (χ0) is 10.4. The molecule has 0 heterocycles. The van der Waals surface area contributed by atoms with Gasteiger partial charge < -0.3 is 10.2 Å². The minimum absolute atomic E-state index is 0.115. The third-order valence-corrected chi connectivity index (χ3v) is 1.76. The van der Waals surface area contributed by atoms with E-state index in [1.54, 1.807) is 30.4 Å². The highest BCUT2D eigenvalue weighted by Gasteiger charge is 1.95. The van der Waals surface area contributed by atoms with Gasteiger partial charge in [0.15, 0.2) is 0 Å². The number of para-hydroxylation sites is 1. The van der Waals surface area contributed by atoms with E-state index in [0.717, 1.165) is 0 Å². The number of phenols is 1. The SMILES string of the molecule is O=C(O)CC/C=C/c1ccccc1O. The van der Waals surface area contributed by atoms with E-state index in [-0.39, 0.29) is 12.2 Å². The summed E-state index contributed by atoms with van der Waals surface area (Å²) in [6, 6.07) is 6.92. The van der Waals surface area contributed by atoms with Crippen LogP contribution in [0.25, 0.3) is 6.08 Å². The Morgan fingerprint density at radius 1 is 1.36 bits per heavy atom. The first kappa shape index (κ1) is 10.3. The van der Waals surface area contributed by atoms with Crippen molar-refractivity contribution in [3.63, 3.8) is 0 Å². The van der Waals surface area contributed by atoms with Crippen LogP contribution in [0.2, 0.25) is 0 Å². The highest BCUT2D eigenvalue weighted by atomic mass is 16.4. The van der Waals surface area contributed by atoms with E-state index >= 15 is 0 Å². The largest absolute Gasteiger partial charge is 0.507 e. The van der Waals surface area contributed by atoms with Crippen molar-refractivity contribution in [3.05, 3.63) is 35.9 Å². The van der Waals surface area contributed by atoms with Gasteiger partial charge in [-0.25, -0.2) is 0 Å². The summed E-state index contributed by atoms with van der Waals surface area (Å²) in [5.74, 6) is -0.606. The summed E-state index contributed by atoms with van der Waals surface area (Å²) in [5, 5.41) is 17.7. The lowest BCUT2D eigenvalue weighted by molar-refractivity contribution is -0.136. The summed E-state index contributed by atoms with van der Waals surface area (Å²) in [7, 11) is 0. The number of allylic oxidation sites excluding steroid dienone is 1. The van der Waals surface area contributed by atoms with E-state index in [1.165, 1.54) is 0 Å². The molecule has 1 rings (SSSR count). The Hall–Kier alpha value is -1.77. The molecule has 0 aliphatic carbocycles. The smallest absolute Gasteiger partial charge is 0.303 e. The second-order valence-corrected chi connectivity index (χ2v) is 2.89.